The fraction of sp³-hybridized carbons (Fsp3) is 0.450. The zero-order valence-corrected chi connectivity index (χ0v) is 15.9. The molecule has 2 N–H and O–H groups in total. The zero-order valence-electron chi connectivity index (χ0n) is 15.9. The maximum absolute atomic E-state index is 12.8. The van der Waals surface area contributed by atoms with Gasteiger partial charge in [-0.25, -0.2) is 9.78 Å². The first-order valence-corrected chi connectivity index (χ1v) is 8.92. The lowest BCUT2D eigenvalue weighted by Crippen LogP contribution is -2.76. The number of aliphatic carboxylic acids is 1. The molecule has 2 aromatic heterocycles. The lowest BCUT2D eigenvalue weighted by molar-refractivity contribution is -0.190. The summed E-state index contributed by atoms with van der Waals surface area (Å²) in [7, 11) is 0. The van der Waals surface area contributed by atoms with Crippen molar-refractivity contribution in [2.24, 2.45) is 5.41 Å². The highest BCUT2D eigenvalue weighted by molar-refractivity contribution is 5.99. The molecule has 1 aliphatic rings. The minimum absolute atomic E-state index is 0.223. The van der Waals surface area contributed by atoms with Crippen LogP contribution in [0.15, 0.2) is 34.9 Å². The highest BCUT2D eigenvalue weighted by Gasteiger charge is 2.66. The first-order valence-electron chi connectivity index (χ1n) is 8.92. The average molecular weight is 372 g/mol. The Morgan fingerprint density at radius 1 is 1.37 bits per heavy atom. The van der Waals surface area contributed by atoms with E-state index < -0.39 is 22.8 Å². The summed E-state index contributed by atoms with van der Waals surface area (Å²) in [6.45, 7) is 7.68. The second-order valence-electron chi connectivity index (χ2n) is 7.34. The Morgan fingerprint density at radius 2 is 2.11 bits per heavy atom. The van der Waals surface area contributed by atoms with E-state index in [9.17, 15) is 14.7 Å². The molecule has 2 atom stereocenters. The summed E-state index contributed by atoms with van der Waals surface area (Å²) in [5.41, 5.74) is -0.667. The van der Waals surface area contributed by atoms with Crippen LogP contribution in [0.1, 0.15) is 43.2 Å². The number of furan rings is 1. The van der Waals surface area contributed by atoms with Gasteiger partial charge in [-0.3, -0.25) is 4.79 Å². The molecule has 7 nitrogen and oxygen atoms in total. The van der Waals surface area contributed by atoms with Crippen LogP contribution in [0.4, 0.5) is 0 Å². The highest BCUT2D eigenvalue weighted by atomic mass is 16.5. The smallest absolute Gasteiger partial charge is 0.330 e. The number of aryl methyl sites for hydroxylation is 1. The number of hydrogen-bond acceptors (Lipinski definition) is 5. The van der Waals surface area contributed by atoms with E-state index in [0.29, 0.717) is 29.3 Å². The maximum Gasteiger partial charge on any atom is 0.330 e. The normalized spacial score (nSPS) is 23.5. The number of amides is 1. The first kappa shape index (κ1) is 19.1. The SMILES string of the molecule is CCOC1CC(NC(=O)c2ccc(-c3ccco3)nc2C)(C(=O)O)C1(C)C. The molecule has 27 heavy (non-hydrogen) atoms. The van der Waals surface area contributed by atoms with Gasteiger partial charge in [0.15, 0.2) is 5.76 Å². The molecule has 3 rings (SSSR count). The molecule has 2 aromatic rings. The number of carbonyl (C=O) groups excluding carboxylic acids is 1. The van der Waals surface area contributed by atoms with E-state index in [0.717, 1.165) is 0 Å². The maximum atomic E-state index is 12.8. The van der Waals surface area contributed by atoms with Crippen molar-refractivity contribution in [3.05, 3.63) is 41.8 Å². The fourth-order valence-electron chi connectivity index (χ4n) is 3.66. The van der Waals surface area contributed by atoms with Crippen LogP contribution in [0.3, 0.4) is 0 Å². The first-order chi connectivity index (χ1) is 12.7. The molecule has 0 bridgehead atoms. The van der Waals surface area contributed by atoms with Gasteiger partial charge in [0.2, 0.25) is 0 Å². The second kappa shape index (κ2) is 6.81. The number of carboxylic acids is 1. The van der Waals surface area contributed by atoms with Crippen molar-refractivity contribution in [2.45, 2.75) is 45.8 Å². The number of carbonyl (C=O) groups is 2. The van der Waals surface area contributed by atoms with Gasteiger partial charge in [-0.15, -0.1) is 0 Å². The number of aromatic nitrogens is 1. The molecule has 0 saturated heterocycles. The Balaban J connectivity index is 1.85. The van der Waals surface area contributed by atoms with Crippen molar-refractivity contribution in [1.82, 2.24) is 10.3 Å². The van der Waals surface area contributed by atoms with Crippen molar-refractivity contribution >= 4 is 11.9 Å². The molecule has 1 saturated carbocycles. The summed E-state index contributed by atoms with van der Waals surface area (Å²) in [4.78, 5) is 29.3. The summed E-state index contributed by atoms with van der Waals surface area (Å²) in [6.07, 6.45) is 1.56. The minimum Gasteiger partial charge on any atom is -0.479 e. The van der Waals surface area contributed by atoms with E-state index >= 15 is 0 Å². The Morgan fingerprint density at radius 3 is 2.63 bits per heavy atom. The number of carboxylic acid groups (broad SMARTS) is 1. The third kappa shape index (κ3) is 3.02. The van der Waals surface area contributed by atoms with E-state index in [4.69, 9.17) is 9.15 Å². The van der Waals surface area contributed by atoms with Gasteiger partial charge >= 0.3 is 5.97 Å². The molecule has 1 aliphatic carbocycles. The molecule has 7 heteroatoms. The fourth-order valence-corrected chi connectivity index (χ4v) is 3.66. The van der Waals surface area contributed by atoms with Crippen LogP contribution in [0, 0.1) is 12.3 Å². The molecular weight excluding hydrogens is 348 g/mol. The standard InChI is InChI=1S/C20H24N2O5/c1-5-26-16-11-20(18(24)25,19(16,3)4)22-17(23)13-8-9-14(21-12(13)2)15-7-6-10-27-15/h6-10,16H,5,11H2,1-4H3,(H,22,23)(H,24,25). The summed E-state index contributed by atoms with van der Waals surface area (Å²) in [6, 6.07) is 6.86. The van der Waals surface area contributed by atoms with Gasteiger partial charge in [0, 0.05) is 18.4 Å². The minimum atomic E-state index is -1.38. The number of hydrogen-bond donors (Lipinski definition) is 2. The van der Waals surface area contributed by atoms with Crippen LogP contribution in [-0.2, 0) is 9.53 Å². The van der Waals surface area contributed by atoms with Gasteiger partial charge < -0.3 is 19.6 Å². The molecule has 0 aliphatic heterocycles. The van der Waals surface area contributed by atoms with E-state index in [1.165, 1.54) is 0 Å². The monoisotopic (exact) mass is 372 g/mol. The van der Waals surface area contributed by atoms with Crippen LogP contribution in [-0.4, -0.2) is 40.2 Å². The quantitative estimate of drug-likeness (QED) is 0.808. The van der Waals surface area contributed by atoms with Crippen LogP contribution in [0.2, 0.25) is 0 Å². The lowest BCUT2D eigenvalue weighted by atomic mass is 9.54. The number of nitrogens with zero attached hydrogens (tertiary/aromatic N) is 1. The van der Waals surface area contributed by atoms with Crippen molar-refractivity contribution in [1.29, 1.82) is 0 Å². The van der Waals surface area contributed by atoms with Crippen molar-refractivity contribution in [3.8, 4) is 11.5 Å². The third-order valence-corrected chi connectivity index (χ3v) is 5.56. The lowest BCUT2D eigenvalue weighted by Gasteiger charge is -2.58. The van der Waals surface area contributed by atoms with Crippen LogP contribution in [0.5, 0.6) is 0 Å². The van der Waals surface area contributed by atoms with Crippen molar-refractivity contribution in [2.75, 3.05) is 6.61 Å². The van der Waals surface area contributed by atoms with Gasteiger partial charge in [0.05, 0.1) is 23.6 Å². The van der Waals surface area contributed by atoms with Crippen molar-refractivity contribution in [3.63, 3.8) is 0 Å². The Kier molecular flexibility index (Phi) is 4.82. The molecule has 1 fully saturated rings. The number of nitrogens with one attached hydrogen (secondary N) is 1. The number of pyridine rings is 1. The van der Waals surface area contributed by atoms with Gasteiger partial charge in [0.1, 0.15) is 11.2 Å². The van der Waals surface area contributed by atoms with Gasteiger partial charge in [0.25, 0.3) is 5.91 Å². The Bertz CT molecular complexity index is 859. The van der Waals surface area contributed by atoms with Crippen molar-refractivity contribution < 1.29 is 23.8 Å². The average Bonchev–Trinajstić information content (AvgIpc) is 3.14. The molecular formula is C20H24N2O5. The van der Waals surface area contributed by atoms with E-state index in [1.807, 2.05) is 6.92 Å². The molecule has 1 amide bonds. The topological polar surface area (TPSA) is 102 Å². The van der Waals surface area contributed by atoms with Gasteiger partial charge in [-0.05, 0) is 38.1 Å². The highest BCUT2D eigenvalue weighted by Crippen LogP contribution is 2.51. The summed E-state index contributed by atoms with van der Waals surface area (Å²) in [5.74, 6) is -0.919. The van der Waals surface area contributed by atoms with E-state index in [1.54, 1.807) is 51.3 Å². The molecule has 2 heterocycles. The van der Waals surface area contributed by atoms with Gasteiger partial charge in [-0.2, -0.15) is 0 Å². The summed E-state index contributed by atoms with van der Waals surface area (Å²) < 4.78 is 11.0. The zero-order chi connectivity index (χ0) is 19.8. The Hall–Kier alpha value is -2.67. The molecule has 0 aromatic carbocycles. The predicted octanol–water partition coefficient (Wildman–Crippen LogP) is 3.04. The summed E-state index contributed by atoms with van der Waals surface area (Å²) >= 11 is 0. The molecule has 0 spiro atoms. The van der Waals surface area contributed by atoms with Crippen LogP contribution in [0.25, 0.3) is 11.5 Å². The second-order valence-corrected chi connectivity index (χ2v) is 7.34. The van der Waals surface area contributed by atoms with Gasteiger partial charge in [-0.1, -0.05) is 13.8 Å². The Labute approximate surface area is 157 Å². The van der Waals surface area contributed by atoms with Crippen LogP contribution >= 0.6 is 0 Å². The summed E-state index contributed by atoms with van der Waals surface area (Å²) in [5, 5.41) is 12.6. The largest absolute Gasteiger partial charge is 0.479 e. The molecule has 2 unspecified atom stereocenters. The molecule has 144 valence electrons. The predicted molar refractivity (Wildman–Crippen MR) is 98.3 cm³/mol. The number of rotatable bonds is 6. The van der Waals surface area contributed by atoms with E-state index in [-0.39, 0.29) is 12.5 Å². The number of ether oxygens (including phenoxy) is 1. The third-order valence-electron chi connectivity index (χ3n) is 5.56. The molecule has 0 radical (unpaired) electrons. The van der Waals surface area contributed by atoms with Crippen LogP contribution < -0.4 is 5.32 Å². The van der Waals surface area contributed by atoms with E-state index in [2.05, 4.69) is 10.3 Å².